The van der Waals surface area contributed by atoms with Gasteiger partial charge in [-0.3, -0.25) is 4.79 Å². The van der Waals surface area contributed by atoms with Gasteiger partial charge in [0, 0.05) is 22.9 Å². The average molecular weight is 345 g/mol. The molecule has 128 valence electrons. The summed E-state index contributed by atoms with van der Waals surface area (Å²) in [5.41, 5.74) is 3.20. The van der Waals surface area contributed by atoms with Crippen molar-refractivity contribution < 1.29 is 14.3 Å². The van der Waals surface area contributed by atoms with Gasteiger partial charge >= 0.3 is 0 Å². The first-order valence-electron chi connectivity index (χ1n) is 8.31. The van der Waals surface area contributed by atoms with Crippen LogP contribution in [0.1, 0.15) is 39.2 Å². The number of carbonyl (C=O) groups is 1. The first-order chi connectivity index (χ1) is 11.7. The van der Waals surface area contributed by atoms with E-state index in [-0.39, 0.29) is 5.91 Å². The van der Waals surface area contributed by atoms with Crippen molar-refractivity contribution in [2.24, 2.45) is 0 Å². The van der Waals surface area contributed by atoms with Crippen molar-refractivity contribution >= 4 is 17.2 Å². The van der Waals surface area contributed by atoms with Crippen molar-refractivity contribution in [3.63, 3.8) is 0 Å². The maximum Gasteiger partial charge on any atom is 0.252 e. The number of ether oxygens (including phenoxy) is 2. The fraction of sp³-hybridized carbons (Fsp3) is 0.421. The molecule has 24 heavy (non-hydrogen) atoms. The average Bonchev–Trinajstić information content (AvgIpc) is 3.06. The number of benzene rings is 1. The second-order valence-corrected chi connectivity index (χ2v) is 6.91. The van der Waals surface area contributed by atoms with E-state index in [0.717, 1.165) is 41.9 Å². The molecule has 3 rings (SSSR count). The number of aryl methyl sites for hydroxylation is 1. The second-order valence-electron chi connectivity index (χ2n) is 5.94. The number of thiophene rings is 1. The van der Waals surface area contributed by atoms with Gasteiger partial charge in [-0.2, -0.15) is 0 Å². The number of fused-ring (bicyclic) bond motifs is 1. The summed E-state index contributed by atoms with van der Waals surface area (Å²) >= 11 is 1.73. The minimum atomic E-state index is 0.0434. The van der Waals surface area contributed by atoms with E-state index >= 15 is 0 Å². The Hall–Kier alpha value is -2.01. The van der Waals surface area contributed by atoms with Gasteiger partial charge in [0.2, 0.25) is 0 Å². The van der Waals surface area contributed by atoms with Crippen molar-refractivity contribution in [2.45, 2.75) is 32.1 Å². The monoisotopic (exact) mass is 345 g/mol. The van der Waals surface area contributed by atoms with E-state index in [0.29, 0.717) is 6.54 Å². The van der Waals surface area contributed by atoms with Gasteiger partial charge in [-0.1, -0.05) is 6.07 Å². The number of carbonyl (C=O) groups excluding carboxylic acids is 1. The van der Waals surface area contributed by atoms with Crippen molar-refractivity contribution in [1.29, 1.82) is 0 Å². The van der Waals surface area contributed by atoms with Gasteiger partial charge in [0.25, 0.3) is 5.91 Å². The van der Waals surface area contributed by atoms with Crippen LogP contribution in [0.2, 0.25) is 0 Å². The highest BCUT2D eigenvalue weighted by molar-refractivity contribution is 7.10. The van der Waals surface area contributed by atoms with Crippen LogP contribution < -0.4 is 14.8 Å². The van der Waals surface area contributed by atoms with Gasteiger partial charge in [0.05, 0.1) is 19.8 Å². The molecule has 0 spiro atoms. The topological polar surface area (TPSA) is 47.6 Å². The molecule has 1 heterocycles. The van der Waals surface area contributed by atoms with Crippen molar-refractivity contribution in [2.75, 3.05) is 20.8 Å². The Morgan fingerprint density at radius 2 is 2.04 bits per heavy atom. The summed E-state index contributed by atoms with van der Waals surface area (Å²) in [5.74, 6) is 1.60. The number of methoxy groups -OCH3 is 2. The van der Waals surface area contributed by atoms with E-state index in [2.05, 4.69) is 5.32 Å². The smallest absolute Gasteiger partial charge is 0.252 e. The van der Waals surface area contributed by atoms with Crippen LogP contribution in [0.15, 0.2) is 23.6 Å². The van der Waals surface area contributed by atoms with Crippen molar-refractivity contribution in [1.82, 2.24) is 5.32 Å². The molecule has 0 fully saturated rings. The Balaban J connectivity index is 1.60. The summed E-state index contributed by atoms with van der Waals surface area (Å²) in [6.45, 7) is 0.589. The van der Waals surface area contributed by atoms with Gasteiger partial charge in [-0.05, 0) is 49.3 Å². The number of amides is 1. The Kier molecular flexibility index (Phi) is 5.41. The maximum absolute atomic E-state index is 12.5. The quantitative estimate of drug-likeness (QED) is 0.870. The third kappa shape index (κ3) is 3.56. The molecule has 4 nitrogen and oxygen atoms in total. The van der Waals surface area contributed by atoms with Crippen LogP contribution in [0.5, 0.6) is 11.5 Å². The Morgan fingerprint density at radius 3 is 2.83 bits per heavy atom. The first kappa shape index (κ1) is 16.8. The summed E-state index contributed by atoms with van der Waals surface area (Å²) in [6, 6.07) is 5.76. The molecule has 0 bridgehead atoms. The summed E-state index contributed by atoms with van der Waals surface area (Å²) in [6.07, 6.45) is 5.31. The fourth-order valence-electron chi connectivity index (χ4n) is 3.15. The lowest BCUT2D eigenvalue weighted by atomic mass is 9.95. The molecule has 0 saturated carbocycles. The number of nitrogens with one attached hydrogen (secondary N) is 1. The van der Waals surface area contributed by atoms with Crippen LogP contribution in [-0.2, 0) is 19.3 Å². The van der Waals surface area contributed by atoms with Crippen LogP contribution in [0, 0.1) is 0 Å². The third-order valence-corrected chi connectivity index (χ3v) is 5.57. The van der Waals surface area contributed by atoms with Gasteiger partial charge in [-0.15, -0.1) is 11.3 Å². The summed E-state index contributed by atoms with van der Waals surface area (Å²) in [7, 11) is 3.28. The van der Waals surface area contributed by atoms with Crippen LogP contribution in [0.25, 0.3) is 0 Å². The van der Waals surface area contributed by atoms with E-state index in [4.69, 9.17) is 9.47 Å². The Labute approximate surface area is 146 Å². The molecular weight excluding hydrogens is 322 g/mol. The highest BCUT2D eigenvalue weighted by atomic mass is 32.1. The zero-order chi connectivity index (χ0) is 16.9. The van der Waals surface area contributed by atoms with E-state index in [1.54, 1.807) is 25.6 Å². The molecule has 1 amide bonds. The molecule has 5 heteroatoms. The van der Waals surface area contributed by atoms with E-state index in [1.165, 1.54) is 23.3 Å². The minimum absolute atomic E-state index is 0.0434. The van der Waals surface area contributed by atoms with E-state index in [1.807, 2.05) is 23.6 Å². The zero-order valence-corrected chi connectivity index (χ0v) is 15.0. The summed E-state index contributed by atoms with van der Waals surface area (Å²) < 4.78 is 10.6. The van der Waals surface area contributed by atoms with Gasteiger partial charge in [0.15, 0.2) is 0 Å². The molecule has 0 radical (unpaired) electrons. The highest BCUT2D eigenvalue weighted by Gasteiger charge is 2.19. The predicted molar refractivity (Wildman–Crippen MR) is 96.5 cm³/mol. The summed E-state index contributed by atoms with van der Waals surface area (Å²) in [5, 5.41) is 5.06. The van der Waals surface area contributed by atoms with Crippen LogP contribution >= 0.6 is 11.3 Å². The van der Waals surface area contributed by atoms with Crippen molar-refractivity contribution in [3.8, 4) is 11.5 Å². The predicted octanol–water partition coefficient (Wildman–Crippen LogP) is 3.62. The molecular formula is C19H23NO3S. The number of rotatable bonds is 6. The van der Waals surface area contributed by atoms with Gasteiger partial charge < -0.3 is 14.8 Å². The second kappa shape index (κ2) is 7.71. The standard InChI is InChI=1S/C19H23NO3S/c1-22-14-8-7-13(17(11-14)23-2)9-10-20-19(21)16-12-24-18-6-4-3-5-15(16)18/h7-8,11-12H,3-6,9-10H2,1-2H3,(H,20,21). The molecule has 0 atom stereocenters. The molecule has 0 saturated heterocycles. The fourth-order valence-corrected chi connectivity index (χ4v) is 4.27. The van der Waals surface area contributed by atoms with Crippen LogP contribution in [0.3, 0.4) is 0 Å². The SMILES string of the molecule is COc1ccc(CCNC(=O)c2csc3c2CCCC3)c(OC)c1. The third-order valence-electron chi connectivity index (χ3n) is 4.48. The zero-order valence-electron chi connectivity index (χ0n) is 14.2. The van der Waals surface area contributed by atoms with Gasteiger partial charge in [-0.25, -0.2) is 0 Å². The lowest BCUT2D eigenvalue weighted by Gasteiger charge is -2.13. The lowest BCUT2D eigenvalue weighted by Crippen LogP contribution is -2.26. The van der Waals surface area contributed by atoms with E-state index in [9.17, 15) is 4.79 Å². The number of hydrogen-bond donors (Lipinski definition) is 1. The maximum atomic E-state index is 12.5. The minimum Gasteiger partial charge on any atom is -0.497 e. The summed E-state index contributed by atoms with van der Waals surface area (Å²) in [4.78, 5) is 13.9. The molecule has 0 aliphatic heterocycles. The molecule has 1 aromatic carbocycles. The van der Waals surface area contributed by atoms with Crippen molar-refractivity contribution in [3.05, 3.63) is 45.1 Å². The molecule has 1 aliphatic carbocycles. The Bertz CT molecular complexity index is 723. The van der Waals surface area contributed by atoms with E-state index < -0.39 is 0 Å². The highest BCUT2D eigenvalue weighted by Crippen LogP contribution is 2.30. The normalized spacial score (nSPS) is 13.2. The number of hydrogen-bond acceptors (Lipinski definition) is 4. The largest absolute Gasteiger partial charge is 0.497 e. The first-order valence-corrected chi connectivity index (χ1v) is 9.19. The Morgan fingerprint density at radius 1 is 1.21 bits per heavy atom. The molecule has 1 N–H and O–H groups in total. The van der Waals surface area contributed by atoms with Crippen LogP contribution in [0.4, 0.5) is 0 Å². The molecule has 1 aliphatic rings. The van der Waals surface area contributed by atoms with Gasteiger partial charge in [0.1, 0.15) is 11.5 Å². The molecule has 1 aromatic heterocycles. The molecule has 2 aromatic rings. The van der Waals surface area contributed by atoms with Crippen LogP contribution in [-0.4, -0.2) is 26.7 Å². The molecule has 0 unspecified atom stereocenters. The lowest BCUT2D eigenvalue weighted by molar-refractivity contribution is 0.0953.